The van der Waals surface area contributed by atoms with Gasteiger partial charge in [-0.2, -0.15) is 0 Å². The number of hydrogen-bond donors (Lipinski definition) is 1. The lowest BCUT2D eigenvalue weighted by Crippen LogP contribution is -2.33. The van der Waals surface area contributed by atoms with E-state index in [0.29, 0.717) is 22.3 Å². The number of alkyl halides is 1. The van der Waals surface area contributed by atoms with Gasteiger partial charge < -0.3 is 14.8 Å². The van der Waals surface area contributed by atoms with Gasteiger partial charge in [0.05, 0.1) is 22.0 Å². The minimum Gasteiger partial charge on any atom is -0.461 e. The molecular weight excluding hydrogens is 468 g/mol. The number of hydrogen-bond acceptors (Lipinski definition) is 7. The van der Waals surface area contributed by atoms with E-state index in [1.54, 1.807) is 26.0 Å². The normalized spacial score (nSPS) is 19.3. The van der Waals surface area contributed by atoms with E-state index in [9.17, 15) is 19.7 Å². The van der Waals surface area contributed by atoms with Crippen LogP contribution in [0.5, 0.6) is 0 Å². The molecule has 0 aromatic heterocycles. The maximum absolute atomic E-state index is 13.2. The quantitative estimate of drug-likeness (QED) is 0.262. The standard InChI is InChI=1S/C22H25BrN2O6/c1-13-18(21(26)30-11-10-23)20(15-6-5-7-16(12-15)25(28)29)19(14(2)24-13)22(27)31-17-8-3-4-9-17/h5-7,12,17,20,24H,3-4,8-11H2,1-2H3. The average Bonchev–Trinajstić information content (AvgIpc) is 3.24. The van der Waals surface area contributed by atoms with Gasteiger partial charge in [-0.15, -0.1) is 0 Å². The fourth-order valence-electron chi connectivity index (χ4n) is 4.12. The van der Waals surface area contributed by atoms with Gasteiger partial charge in [-0.3, -0.25) is 10.1 Å². The van der Waals surface area contributed by atoms with Gasteiger partial charge in [0.15, 0.2) is 0 Å². The zero-order valence-corrected chi connectivity index (χ0v) is 19.1. The molecule has 31 heavy (non-hydrogen) atoms. The first-order valence-corrected chi connectivity index (χ1v) is 11.3. The number of carbonyl (C=O) groups excluding carboxylic acids is 2. The summed E-state index contributed by atoms with van der Waals surface area (Å²) >= 11 is 3.23. The maximum atomic E-state index is 13.2. The fraction of sp³-hybridized carbons (Fsp3) is 0.455. The second-order valence-electron chi connectivity index (χ2n) is 7.62. The Bertz CT molecular complexity index is 949. The molecule has 2 aliphatic rings. The Kier molecular flexibility index (Phi) is 7.48. The predicted octanol–water partition coefficient (Wildman–Crippen LogP) is 4.25. The fourth-order valence-corrected chi connectivity index (χ4v) is 4.28. The summed E-state index contributed by atoms with van der Waals surface area (Å²) in [5.74, 6) is -1.94. The molecule has 166 valence electrons. The number of nitro benzene ring substituents is 1. The third-order valence-electron chi connectivity index (χ3n) is 5.50. The number of dihydropyridines is 1. The lowest BCUT2D eigenvalue weighted by Gasteiger charge is -2.31. The van der Waals surface area contributed by atoms with E-state index in [-0.39, 0.29) is 29.5 Å². The second kappa shape index (κ2) is 10.1. The van der Waals surface area contributed by atoms with Crippen molar-refractivity contribution < 1.29 is 24.0 Å². The van der Waals surface area contributed by atoms with Crippen molar-refractivity contribution >= 4 is 33.6 Å². The monoisotopic (exact) mass is 492 g/mol. The number of benzene rings is 1. The van der Waals surface area contributed by atoms with Crippen molar-refractivity contribution in [3.63, 3.8) is 0 Å². The van der Waals surface area contributed by atoms with Gasteiger partial charge in [0.25, 0.3) is 5.69 Å². The van der Waals surface area contributed by atoms with Crippen LogP contribution in [-0.4, -0.2) is 34.9 Å². The Hall–Kier alpha value is -2.68. The van der Waals surface area contributed by atoms with Gasteiger partial charge in [-0.25, -0.2) is 9.59 Å². The van der Waals surface area contributed by atoms with Gasteiger partial charge in [-0.05, 0) is 45.1 Å². The molecule has 0 bridgehead atoms. The van der Waals surface area contributed by atoms with Gasteiger partial charge in [0, 0.05) is 28.9 Å². The number of nitrogens with one attached hydrogen (secondary N) is 1. The second-order valence-corrected chi connectivity index (χ2v) is 8.42. The molecule has 1 aromatic carbocycles. The van der Waals surface area contributed by atoms with Crippen molar-refractivity contribution in [3.05, 3.63) is 62.5 Å². The van der Waals surface area contributed by atoms with Crippen molar-refractivity contribution in [2.24, 2.45) is 0 Å². The molecule has 9 heteroatoms. The molecule has 1 aromatic rings. The number of carbonyl (C=O) groups is 2. The highest BCUT2D eigenvalue weighted by molar-refractivity contribution is 9.09. The van der Waals surface area contributed by atoms with E-state index in [0.717, 1.165) is 25.7 Å². The summed E-state index contributed by atoms with van der Waals surface area (Å²) in [7, 11) is 0. The molecule has 0 amide bonds. The van der Waals surface area contributed by atoms with Gasteiger partial charge in [0.1, 0.15) is 12.7 Å². The molecule has 8 nitrogen and oxygen atoms in total. The van der Waals surface area contributed by atoms with Crippen LogP contribution in [0, 0.1) is 10.1 Å². The molecule has 0 radical (unpaired) electrons. The van der Waals surface area contributed by atoms with E-state index in [4.69, 9.17) is 9.47 Å². The van der Waals surface area contributed by atoms with Crippen LogP contribution < -0.4 is 5.32 Å². The van der Waals surface area contributed by atoms with Crippen LogP contribution in [0.15, 0.2) is 46.8 Å². The largest absolute Gasteiger partial charge is 0.461 e. The van der Waals surface area contributed by atoms with Crippen molar-refractivity contribution in [1.82, 2.24) is 5.32 Å². The van der Waals surface area contributed by atoms with Crippen LogP contribution in [0.1, 0.15) is 51.0 Å². The first-order valence-electron chi connectivity index (χ1n) is 10.2. The summed E-state index contributed by atoms with van der Waals surface area (Å²) in [6.07, 6.45) is 3.47. The Balaban J connectivity index is 2.07. The summed E-state index contributed by atoms with van der Waals surface area (Å²) in [6, 6.07) is 5.97. The average molecular weight is 493 g/mol. The lowest BCUT2D eigenvalue weighted by molar-refractivity contribution is -0.384. The Morgan fingerprint density at radius 2 is 1.81 bits per heavy atom. The Labute approximate surface area is 189 Å². The maximum Gasteiger partial charge on any atom is 0.337 e. The smallest absolute Gasteiger partial charge is 0.337 e. The van der Waals surface area contributed by atoms with Crippen LogP contribution in [0.4, 0.5) is 5.69 Å². The van der Waals surface area contributed by atoms with Crippen LogP contribution >= 0.6 is 15.9 Å². The van der Waals surface area contributed by atoms with Crippen molar-refractivity contribution in [2.75, 3.05) is 11.9 Å². The van der Waals surface area contributed by atoms with Crippen molar-refractivity contribution in [1.29, 1.82) is 0 Å². The SMILES string of the molecule is CC1=C(C(=O)OCCBr)C(c2cccc([N+](=O)[O-])c2)C(C(=O)OC2CCCC2)=C(C)N1. The van der Waals surface area contributed by atoms with Crippen molar-refractivity contribution in [2.45, 2.75) is 51.6 Å². The van der Waals surface area contributed by atoms with Crippen molar-refractivity contribution in [3.8, 4) is 0 Å². The molecule has 0 saturated heterocycles. The van der Waals surface area contributed by atoms with Gasteiger partial charge in [-0.1, -0.05) is 28.1 Å². The molecule has 1 saturated carbocycles. The molecule has 3 rings (SSSR count). The first kappa shape index (κ1) is 23.0. The number of esters is 2. The highest BCUT2D eigenvalue weighted by Crippen LogP contribution is 2.40. The van der Waals surface area contributed by atoms with Crippen LogP contribution in [-0.2, 0) is 19.1 Å². The number of rotatable bonds is 7. The highest BCUT2D eigenvalue weighted by Gasteiger charge is 2.39. The lowest BCUT2D eigenvalue weighted by atomic mass is 9.80. The zero-order valence-electron chi connectivity index (χ0n) is 17.5. The molecule has 1 atom stereocenters. The third kappa shape index (κ3) is 5.15. The number of halogens is 1. The number of ether oxygens (including phenoxy) is 2. The van der Waals surface area contributed by atoms with Gasteiger partial charge in [0.2, 0.25) is 0 Å². The Morgan fingerprint density at radius 3 is 2.42 bits per heavy atom. The van der Waals surface area contributed by atoms with E-state index in [2.05, 4.69) is 21.2 Å². The summed E-state index contributed by atoms with van der Waals surface area (Å²) in [5.41, 5.74) is 1.93. The molecule has 1 fully saturated rings. The molecule has 1 N–H and O–H groups in total. The molecule has 1 heterocycles. The van der Waals surface area contributed by atoms with Crippen LogP contribution in [0.3, 0.4) is 0 Å². The highest BCUT2D eigenvalue weighted by atomic mass is 79.9. The predicted molar refractivity (Wildman–Crippen MR) is 117 cm³/mol. The van der Waals surface area contributed by atoms with Crippen LogP contribution in [0.25, 0.3) is 0 Å². The van der Waals surface area contributed by atoms with E-state index in [1.807, 2.05) is 0 Å². The summed E-state index contributed by atoms with van der Waals surface area (Å²) in [6.45, 7) is 3.61. The number of non-ortho nitro benzene ring substituents is 1. The number of nitrogens with zero attached hydrogens (tertiary/aromatic N) is 1. The molecular formula is C22H25BrN2O6. The topological polar surface area (TPSA) is 108 Å². The van der Waals surface area contributed by atoms with E-state index in [1.165, 1.54) is 12.1 Å². The third-order valence-corrected chi connectivity index (χ3v) is 5.82. The number of allylic oxidation sites excluding steroid dienone is 2. The molecule has 1 unspecified atom stereocenters. The molecule has 0 spiro atoms. The van der Waals surface area contributed by atoms with Crippen LogP contribution in [0.2, 0.25) is 0 Å². The first-order chi connectivity index (χ1) is 14.8. The van der Waals surface area contributed by atoms with E-state index >= 15 is 0 Å². The zero-order chi connectivity index (χ0) is 22.5. The van der Waals surface area contributed by atoms with Gasteiger partial charge >= 0.3 is 11.9 Å². The molecule has 1 aliphatic heterocycles. The van der Waals surface area contributed by atoms with E-state index < -0.39 is 22.8 Å². The molecule has 1 aliphatic carbocycles. The minimum absolute atomic E-state index is 0.122. The summed E-state index contributed by atoms with van der Waals surface area (Å²) in [4.78, 5) is 37.0. The number of nitro groups is 1. The minimum atomic E-state index is -0.835. The summed E-state index contributed by atoms with van der Waals surface area (Å²) < 4.78 is 11.1. The summed E-state index contributed by atoms with van der Waals surface area (Å²) in [5, 5.41) is 14.9. The Morgan fingerprint density at radius 1 is 1.16 bits per heavy atom.